The van der Waals surface area contributed by atoms with E-state index in [0.29, 0.717) is 29.1 Å². The third-order valence-corrected chi connectivity index (χ3v) is 3.23. The summed E-state index contributed by atoms with van der Waals surface area (Å²) in [6.07, 6.45) is 3.53. The molecule has 0 saturated heterocycles. The molecule has 0 spiro atoms. The molecule has 0 radical (unpaired) electrons. The quantitative estimate of drug-likeness (QED) is 0.858. The number of benzene rings is 1. The molecule has 0 saturated carbocycles. The van der Waals surface area contributed by atoms with E-state index < -0.39 is 0 Å². The second-order valence-corrected chi connectivity index (χ2v) is 4.40. The lowest BCUT2D eigenvalue weighted by Crippen LogP contribution is -2.11. The summed E-state index contributed by atoms with van der Waals surface area (Å²) in [6.45, 7) is 1.28. The molecule has 0 unspecified atom stereocenters. The molecular weight excluding hydrogens is 273 g/mol. The van der Waals surface area contributed by atoms with Crippen molar-refractivity contribution in [2.75, 3.05) is 25.6 Å². The van der Waals surface area contributed by atoms with E-state index in [2.05, 4.69) is 10.3 Å². The molecule has 0 amide bonds. The molecule has 96 valence electrons. The normalized spacial score (nSPS) is 10.6. The number of hydrogen-bond donors (Lipinski definition) is 1. The number of hydrogen-bond acceptors (Lipinski definition) is 3. The number of anilines is 1. The smallest absolute Gasteiger partial charge is 0.207 e. The van der Waals surface area contributed by atoms with Crippen molar-refractivity contribution in [1.29, 1.82) is 0 Å². The Bertz CT molecular complexity index is 528. The Labute approximate surface area is 115 Å². The third kappa shape index (κ3) is 2.77. The van der Waals surface area contributed by atoms with Gasteiger partial charge >= 0.3 is 0 Å². The minimum absolute atomic E-state index is 0.506. The van der Waals surface area contributed by atoms with Crippen LogP contribution in [0.3, 0.4) is 0 Å². The van der Waals surface area contributed by atoms with Gasteiger partial charge in [0.05, 0.1) is 22.3 Å². The summed E-state index contributed by atoms with van der Waals surface area (Å²) < 4.78 is 6.83. The van der Waals surface area contributed by atoms with Crippen molar-refractivity contribution in [3.8, 4) is 5.69 Å². The minimum Gasteiger partial charge on any atom is -0.383 e. The van der Waals surface area contributed by atoms with Gasteiger partial charge in [-0.05, 0) is 12.1 Å². The number of aromatic nitrogens is 2. The number of imidazole rings is 1. The lowest BCUT2D eigenvalue weighted by atomic mass is 10.3. The maximum absolute atomic E-state index is 6.18. The van der Waals surface area contributed by atoms with Crippen LogP contribution in [0.25, 0.3) is 5.69 Å². The summed E-state index contributed by atoms with van der Waals surface area (Å²) in [5, 5.41) is 4.19. The van der Waals surface area contributed by atoms with E-state index in [1.807, 2.05) is 22.9 Å². The van der Waals surface area contributed by atoms with Gasteiger partial charge in [0.1, 0.15) is 0 Å². The average Bonchev–Trinajstić information content (AvgIpc) is 2.81. The molecule has 2 rings (SSSR count). The number of nitrogens with zero attached hydrogens (tertiary/aromatic N) is 2. The molecule has 1 aromatic carbocycles. The molecule has 0 bridgehead atoms. The van der Waals surface area contributed by atoms with Crippen LogP contribution < -0.4 is 5.32 Å². The lowest BCUT2D eigenvalue weighted by molar-refractivity contribution is 0.210. The van der Waals surface area contributed by atoms with Crippen LogP contribution in [-0.2, 0) is 4.74 Å². The van der Waals surface area contributed by atoms with Crippen LogP contribution in [0.1, 0.15) is 0 Å². The molecule has 18 heavy (non-hydrogen) atoms. The van der Waals surface area contributed by atoms with Crippen LogP contribution in [0.4, 0.5) is 5.95 Å². The first-order valence-corrected chi connectivity index (χ1v) is 6.20. The molecule has 2 aromatic rings. The molecule has 4 nitrogen and oxygen atoms in total. The fourth-order valence-electron chi connectivity index (χ4n) is 1.57. The topological polar surface area (TPSA) is 39.1 Å². The molecule has 1 heterocycles. The van der Waals surface area contributed by atoms with Gasteiger partial charge in [-0.15, -0.1) is 0 Å². The molecule has 6 heteroatoms. The van der Waals surface area contributed by atoms with Crippen LogP contribution >= 0.6 is 23.2 Å². The van der Waals surface area contributed by atoms with Gasteiger partial charge in [-0.1, -0.05) is 29.3 Å². The first-order chi connectivity index (χ1) is 8.74. The Morgan fingerprint density at radius 3 is 3.00 bits per heavy atom. The van der Waals surface area contributed by atoms with Gasteiger partial charge in [-0.3, -0.25) is 4.57 Å². The molecule has 0 aliphatic heterocycles. The van der Waals surface area contributed by atoms with Gasteiger partial charge in [0.2, 0.25) is 5.95 Å². The maximum Gasteiger partial charge on any atom is 0.207 e. The zero-order valence-corrected chi connectivity index (χ0v) is 11.4. The molecule has 1 N–H and O–H groups in total. The number of nitrogens with one attached hydrogen (secondary N) is 1. The lowest BCUT2D eigenvalue weighted by Gasteiger charge is -2.11. The number of halogens is 2. The first-order valence-electron chi connectivity index (χ1n) is 5.44. The SMILES string of the molecule is COCCNc1nccn1-c1cccc(Cl)c1Cl. The Kier molecular flexibility index (Phi) is 4.47. The highest BCUT2D eigenvalue weighted by molar-refractivity contribution is 6.43. The van der Waals surface area contributed by atoms with E-state index in [4.69, 9.17) is 27.9 Å². The summed E-state index contributed by atoms with van der Waals surface area (Å²) >= 11 is 12.2. The Hall–Kier alpha value is -1.23. The molecular formula is C12H13Cl2N3O. The number of methoxy groups -OCH3 is 1. The van der Waals surface area contributed by atoms with Crippen LogP contribution in [0.15, 0.2) is 30.6 Å². The van der Waals surface area contributed by atoms with Crippen molar-refractivity contribution >= 4 is 29.2 Å². The van der Waals surface area contributed by atoms with Gasteiger partial charge in [0.15, 0.2) is 0 Å². The average molecular weight is 286 g/mol. The zero-order chi connectivity index (χ0) is 13.0. The standard InChI is InChI=1S/C12H13Cl2N3O/c1-18-8-6-16-12-15-5-7-17(12)10-4-2-3-9(13)11(10)14/h2-5,7H,6,8H2,1H3,(H,15,16). The number of ether oxygens (including phenoxy) is 1. The van der Waals surface area contributed by atoms with E-state index >= 15 is 0 Å². The summed E-state index contributed by atoms with van der Waals surface area (Å²) in [6, 6.07) is 5.49. The molecule has 0 atom stereocenters. The largest absolute Gasteiger partial charge is 0.383 e. The Balaban J connectivity index is 2.28. The molecule has 0 aliphatic carbocycles. The summed E-state index contributed by atoms with van der Waals surface area (Å²) in [7, 11) is 1.65. The van der Waals surface area contributed by atoms with Crippen LogP contribution in [-0.4, -0.2) is 29.8 Å². The van der Waals surface area contributed by atoms with Gasteiger partial charge in [0.25, 0.3) is 0 Å². The van der Waals surface area contributed by atoms with Crippen molar-refractivity contribution in [2.24, 2.45) is 0 Å². The fourth-order valence-corrected chi connectivity index (χ4v) is 1.96. The van der Waals surface area contributed by atoms with E-state index in [9.17, 15) is 0 Å². The van der Waals surface area contributed by atoms with E-state index in [0.717, 1.165) is 5.69 Å². The number of rotatable bonds is 5. The Morgan fingerprint density at radius 2 is 2.22 bits per heavy atom. The van der Waals surface area contributed by atoms with Crippen molar-refractivity contribution in [3.05, 3.63) is 40.6 Å². The second kappa shape index (κ2) is 6.09. The molecule has 1 aromatic heterocycles. The zero-order valence-electron chi connectivity index (χ0n) is 9.86. The van der Waals surface area contributed by atoms with E-state index in [-0.39, 0.29) is 0 Å². The van der Waals surface area contributed by atoms with Crippen molar-refractivity contribution in [1.82, 2.24) is 9.55 Å². The predicted molar refractivity (Wildman–Crippen MR) is 73.9 cm³/mol. The Morgan fingerprint density at radius 1 is 1.39 bits per heavy atom. The summed E-state index contributed by atoms with van der Waals surface area (Å²) in [5.41, 5.74) is 0.793. The van der Waals surface area contributed by atoms with Gasteiger partial charge in [0, 0.05) is 26.0 Å². The highest BCUT2D eigenvalue weighted by Crippen LogP contribution is 2.29. The molecule has 0 fully saturated rings. The van der Waals surface area contributed by atoms with Crippen molar-refractivity contribution in [3.63, 3.8) is 0 Å². The van der Waals surface area contributed by atoms with Crippen LogP contribution in [0, 0.1) is 0 Å². The predicted octanol–water partition coefficient (Wildman–Crippen LogP) is 3.24. The van der Waals surface area contributed by atoms with Crippen molar-refractivity contribution < 1.29 is 4.74 Å². The van der Waals surface area contributed by atoms with E-state index in [1.165, 1.54) is 0 Å². The van der Waals surface area contributed by atoms with Gasteiger partial charge in [-0.2, -0.15) is 0 Å². The monoisotopic (exact) mass is 285 g/mol. The highest BCUT2D eigenvalue weighted by Gasteiger charge is 2.09. The highest BCUT2D eigenvalue weighted by atomic mass is 35.5. The van der Waals surface area contributed by atoms with E-state index in [1.54, 1.807) is 19.4 Å². The fraction of sp³-hybridized carbons (Fsp3) is 0.250. The van der Waals surface area contributed by atoms with Gasteiger partial charge in [-0.25, -0.2) is 4.98 Å². The summed E-state index contributed by atoms with van der Waals surface area (Å²) in [5.74, 6) is 0.705. The van der Waals surface area contributed by atoms with Crippen LogP contribution in [0.5, 0.6) is 0 Å². The first kappa shape index (κ1) is 13.2. The minimum atomic E-state index is 0.506. The van der Waals surface area contributed by atoms with Crippen LogP contribution in [0.2, 0.25) is 10.0 Å². The maximum atomic E-state index is 6.18. The third-order valence-electron chi connectivity index (χ3n) is 2.42. The van der Waals surface area contributed by atoms with Gasteiger partial charge < -0.3 is 10.1 Å². The molecule has 0 aliphatic rings. The van der Waals surface area contributed by atoms with Crippen molar-refractivity contribution in [2.45, 2.75) is 0 Å². The summed E-state index contributed by atoms with van der Waals surface area (Å²) in [4.78, 5) is 4.23. The second-order valence-electron chi connectivity index (χ2n) is 3.61.